The summed E-state index contributed by atoms with van der Waals surface area (Å²) in [4.78, 5) is 4.17. The minimum Gasteiger partial charge on any atom is -0.440 e. The Morgan fingerprint density at radius 3 is 2.88 bits per heavy atom. The first-order chi connectivity index (χ1) is 11.9. The summed E-state index contributed by atoms with van der Waals surface area (Å²) in [5.41, 5.74) is 0.811. The van der Waals surface area contributed by atoms with Gasteiger partial charge in [-0.05, 0) is 12.1 Å². The normalized spacial score (nSPS) is 11.7. The van der Waals surface area contributed by atoms with Crippen LogP contribution in [0.3, 0.4) is 0 Å². The van der Waals surface area contributed by atoms with Crippen molar-refractivity contribution in [3.8, 4) is 11.3 Å². The number of halogens is 4. The van der Waals surface area contributed by atoms with E-state index in [0.29, 0.717) is 26.8 Å². The molecule has 2 aromatic heterocycles. The number of alkyl halides is 3. The lowest BCUT2D eigenvalue weighted by Gasteiger charge is -2.05. The van der Waals surface area contributed by atoms with Crippen molar-refractivity contribution in [2.75, 3.05) is 11.9 Å². The third-order valence-electron chi connectivity index (χ3n) is 2.83. The fourth-order valence-electron chi connectivity index (χ4n) is 1.79. The minimum absolute atomic E-state index is 0.117. The molecule has 0 fully saturated rings. The second kappa shape index (κ2) is 7.63. The van der Waals surface area contributed by atoms with Crippen molar-refractivity contribution in [1.82, 2.24) is 15.2 Å². The lowest BCUT2D eigenvalue weighted by molar-refractivity contribution is -0.115. The Balaban J connectivity index is 1.57. The summed E-state index contributed by atoms with van der Waals surface area (Å²) in [5.74, 6) is 1.44. The summed E-state index contributed by atoms with van der Waals surface area (Å²) in [5, 5.41) is 10.4. The summed E-state index contributed by atoms with van der Waals surface area (Å²) in [6.07, 6.45) is -2.70. The van der Waals surface area contributed by atoms with E-state index in [1.807, 2.05) is 12.1 Å². The Morgan fingerprint density at radius 2 is 2.12 bits per heavy atom. The van der Waals surface area contributed by atoms with Crippen LogP contribution in [-0.2, 0) is 5.75 Å². The quantitative estimate of drug-likeness (QED) is 0.574. The highest BCUT2D eigenvalue weighted by atomic mass is 35.5. The minimum atomic E-state index is -4.30. The summed E-state index contributed by atoms with van der Waals surface area (Å²) < 4.78 is 42.6. The molecule has 11 heteroatoms. The number of rotatable bonds is 6. The number of aromatic nitrogens is 3. The van der Waals surface area contributed by atoms with Crippen LogP contribution in [0.15, 0.2) is 39.2 Å². The summed E-state index contributed by atoms with van der Waals surface area (Å²) in [7, 11) is 0. The lowest BCUT2D eigenvalue weighted by Crippen LogP contribution is -2.21. The molecule has 0 radical (unpaired) electrons. The zero-order valence-electron chi connectivity index (χ0n) is 12.4. The number of oxazole rings is 1. The molecule has 0 unspecified atom stereocenters. The molecule has 0 aliphatic heterocycles. The zero-order chi connectivity index (χ0) is 17.9. The first-order valence-corrected chi connectivity index (χ1v) is 9.05. The van der Waals surface area contributed by atoms with Gasteiger partial charge >= 0.3 is 6.18 Å². The van der Waals surface area contributed by atoms with Crippen LogP contribution in [0, 0.1) is 0 Å². The molecule has 2 heterocycles. The largest absolute Gasteiger partial charge is 0.440 e. The van der Waals surface area contributed by atoms with Gasteiger partial charge in [-0.15, -0.1) is 10.2 Å². The topological polar surface area (TPSA) is 63.8 Å². The van der Waals surface area contributed by atoms with E-state index in [9.17, 15) is 13.2 Å². The predicted octanol–water partition coefficient (Wildman–Crippen LogP) is 5.11. The Morgan fingerprint density at radius 1 is 1.28 bits per heavy atom. The predicted molar refractivity (Wildman–Crippen MR) is 91.0 cm³/mol. The van der Waals surface area contributed by atoms with E-state index in [4.69, 9.17) is 16.0 Å². The molecule has 0 spiro atoms. The fraction of sp³-hybridized carbons (Fsp3) is 0.214. The van der Waals surface area contributed by atoms with E-state index in [-0.39, 0.29) is 5.13 Å². The first-order valence-electron chi connectivity index (χ1n) is 6.86. The highest BCUT2D eigenvalue weighted by molar-refractivity contribution is 8.00. The summed E-state index contributed by atoms with van der Waals surface area (Å²) >= 11 is 8.26. The molecule has 0 bridgehead atoms. The number of nitrogens with zero attached hydrogens (tertiary/aromatic N) is 3. The first kappa shape index (κ1) is 18.0. The van der Waals surface area contributed by atoms with Crippen LogP contribution < -0.4 is 5.32 Å². The maximum absolute atomic E-state index is 12.1. The SMILES string of the molecule is FC(F)(F)CNc1nnc(SCc2ncc(-c3cccc(Cl)c3)o2)s1. The maximum Gasteiger partial charge on any atom is 0.405 e. The molecular weight excluding hydrogens is 397 g/mol. The number of nitrogens with one attached hydrogen (secondary N) is 1. The van der Waals surface area contributed by atoms with Crippen molar-refractivity contribution < 1.29 is 17.6 Å². The van der Waals surface area contributed by atoms with Gasteiger partial charge < -0.3 is 9.73 Å². The van der Waals surface area contributed by atoms with Gasteiger partial charge in [0.05, 0.1) is 11.9 Å². The van der Waals surface area contributed by atoms with Crippen molar-refractivity contribution in [2.24, 2.45) is 0 Å². The van der Waals surface area contributed by atoms with Crippen LogP contribution in [0.1, 0.15) is 5.89 Å². The highest BCUT2D eigenvalue weighted by Gasteiger charge is 2.27. The Labute approximate surface area is 153 Å². The van der Waals surface area contributed by atoms with E-state index < -0.39 is 12.7 Å². The van der Waals surface area contributed by atoms with Crippen molar-refractivity contribution >= 4 is 39.8 Å². The Kier molecular flexibility index (Phi) is 5.50. The zero-order valence-corrected chi connectivity index (χ0v) is 14.8. The average molecular weight is 407 g/mol. The molecule has 0 aliphatic rings. The van der Waals surface area contributed by atoms with E-state index in [1.165, 1.54) is 11.8 Å². The van der Waals surface area contributed by atoms with Crippen LogP contribution >= 0.6 is 34.7 Å². The number of thioether (sulfide) groups is 1. The third-order valence-corrected chi connectivity index (χ3v) is 5.06. The molecule has 5 nitrogen and oxygen atoms in total. The van der Waals surface area contributed by atoms with Gasteiger partial charge in [0.2, 0.25) is 11.0 Å². The second-order valence-electron chi connectivity index (χ2n) is 4.76. The molecule has 1 aromatic carbocycles. The van der Waals surface area contributed by atoms with Crippen molar-refractivity contribution in [3.63, 3.8) is 0 Å². The number of hydrogen-bond acceptors (Lipinski definition) is 7. The Bertz CT molecular complexity index is 852. The van der Waals surface area contributed by atoms with Gasteiger partial charge in [0.1, 0.15) is 6.54 Å². The average Bonchev–Trinajstić information content (AvgIpc) is 3.20. The molecule has 0 amide bonds. The van der Waals surface area contributed by atoms with Crippen LogP contribution in [0.5, 0.6) is 0 Å². The third kappa shape index (κ3) is 5.35. The van der Waals surface area contributed by atoms with Gasteiger partial charge in [-0.2, -0.15) is 13.2 Å². The van der Waals surface area contributed by atoms with Crippen molar-refractivity contribution in [2.45, 2.75) is 16.3 Å². The molecule has 132 valence electrons. The highest BCUT2D eigenvalue weighted by Crippen LogP contribution is 2.30. The van der Waals surface area contributed by atoms with Crippen LogP contribution in [-0.4, -0.2) is 27.9 Å². The summed E-state index contributed by atoms with van der Waals surface area (Å²) in [6, 6.07) is 7.19. The molecule has 0 atom stereocenters. The monoisotopic (exact) mass is 406 g/mol. The molecule has 3 aromatic rings. The molecule has 0 saturated heterocycles. The summed E-state index contributed by atoms with van der Waals surface area (Å²) in [6.45, 7) is -1.14. The number of hydrogen-bond donors (Lipinski definition) is 1. The molecule has 0 aliphatic carbocycles. The van der Waals surface area contributed by atoms with Gasteiger partial charge in [-0.3, -0.25) is 0 Å². The second-order valence-corrected chi connectivity index (χ2v) is 7.40. The number of benzene rings is 1. The lowest BCUT2D eigenvalue weighted by atomic mass is 10.2. The standard InChI is InChI=1S/C14H10ClF3N4OS2/c15-9-3-1-2-8(4-9)10-5-19-11(23-10)6-24-13-22-21-12(25-13)20-7-14(16,17)18/h1-5H,6-7H2,(H,20,21). The fourth-order valence-corrected chi connectivity index (χ4v) is 3.58. The van der Waals surface area contributed by atoms with Gasteiger partial charge in [0.15, 0.2) is 10.1 Å². The molecule has 0 saturated carbocycles. The van der Waals surface area contributed by atoms with Crippen LogP contribution in [0.4, 0.5) is 18.3 Å². The maximum atomic E-state index is 12.1. The van der Waals surface area contributed by atoms with Crippen LogP contribution in [0.25, 0.3) is 11.3 Å². The number of anilines is 1. The molecule has 25 heavy (non-hydrogen) atoms. The smallest absolute Gasteiger partial charge is 0.405 e. The van der Waals surface area contributed by atoms with E-state index in [1.54, 1.807) is 18.3 Å². The van der Waals surface area contributed by atoms with E-state index >= 15 is 0 Å². The van der Waals surface area contributed by atoms with E-state index in [2.05, 4.69) is 20.5 Å². The van der Waals surface area contributed by atoms with Crippen molar-refractivity contribution in [1.29, 1.82) is 0 Å². The molecule has 3 rings (SSSR count). The van der Waals surface area contributed by atoms with E-state index in [0.717, 1.165) is 16.9 Å². The van der Waals surface area contributed by atoms with Crippen LogP contribution in [0.2, 0.25) is 5.02 Å². The van der Waals surface area contributed by atoms with Crippen molar-refractivity contribution in [3.05, 3.63) is 41.4 Å². The molecule has 1 N–H and O–H groups in total. The van der Waals surface area contributed by atoms with Gasteiger partial charge in [-0.1, -0.05) is 46.8 Å². The van der Waals surface area contributed by atoms with Gasteiger partial charge in [-0.25, -0.2) is 4.98 Å². The molecular formula is C14H10ClF3N4OS2. The van der Waals surface area contributed by atoms with Gasteiger partial charge in [0, 0.05) is 10.6 Å². The Hall–Kier alpha value is -1.78. The van der Waals surface area contributed by atoms with Gasteiger partial charge in [0.25, 0.3) is 0 Å².